The smallest absolute Gasteiger partial charge is 0.407 e. The average molecular weight is 586 g/mol. The zero-order valence-electron chi connectivity index (χ0n) is 23.4. The first-order chi connectivity index (χ1) is 20.3. The van der Waals surface area contributed by atoms with Gasteiger partial charge in [-0.1, -0.05) is 48.5 Å². The molecule has 1 atom stereocenters. The van der Waals surface area contributed by atoms with Crippen molar-refractivity contribution >= 4 is 30.3 Å². The van der Waals surface area contributed by atoms with E-state index in [1.807, 2.05) is 36.4 Å². The molecular weight excluding hydrogens is 550 g/mol. The number of carbonyl (C=O) groups is 5. The molecule has 0 spiro atoms. The first-order valence-electron chi connectivity index (χ1n) is 13.3. The third-order valence-corrected chi connectivity index (χ3v) is 6.14. The molecule has 1 unspecified atom stereocenters. The normalized spacial score (nSPS) is 12.0. The third-order valence-electron chi connectivity index (χ3n) is 6.14. The summed E-state index contributed by atoms with van der Waals surface area (Å²) in [5.41, 5.74) is 4.46. The van der Waals surface area contributed by atoms with Gasteiger partial charge in [0.15, 0.2) is 0 Å². The number of hydrogen-bond acceptors (Lipinski definition) is 9. The van der Waals surface area contributed by atoms with Gasteiger partial charge in [0.2, 0.25) is 5.91 Å². The highest BCUT2D eigenvalue weighted by Crippen LogP contribution is 2.44. The molecule has 0 bridgehead atoms. The van der Waals surface area contributed by atoms with Gasteiger partial charge in [-0.05, 0) is 29.2 Å². The van der Waals surface area contributed by atoms with Gasteiger partial charge in [0, 0.05) is 19.0 Å². The molecule has 14 heteroatoms. The van der Waals surface area contributed by atoms with E-state index in [1.165, 1.54) is 7.11 Å². The predicted molar refractivity (Wildman–Crippen MR) is 150 cm³/mol. The monoisotopic (exact) mass is 585 g/mol. The first kappa shape index (κ1) is 31.5. The molecule has 1 aliphatic carbocycles. The number of hydrogen-bond donors (Lipinski definition) is 5. The van der Waals surface area contributed by atoms with Crippen LogP contribution >= 0.6 is 0 Å². The molecule has 2 aromatic rings. The molecule has 0 radical (unpaired) electrons. The summed E-state index contributed by atoms with van der Waals surface area (Å²) in [5.74, 6) is -0.597. The lowest BCUT2D eigenvalue weighted by Crippen LogP contribution is -2.46. The number of nitrogens with one attached hydrogen (secondary N) is 5. The molecule has 1 aliphatic rings. The summed E-state index contributed by atoms with van der Waals surface area (Å²) < 4.78 is 19.8. The van der Waals surface area contributed by atoms with E-state index in [4.69, 9.17) is 14.2 Å². The first-order valence-corrected chi connectivity index (χ1v) is 13.3. The lowest BCUT2D eigenvalue weighted by Gasteiger charge is -2.19. The van der Waals surface area contributed by atoms with Crippen LogP contribution in [0.4, 0.5) is 19.2 Å². The maximum absolute atomic E-state index is 12.2. The number of fused-ring (bicyclic) bond motifs is 3. The van der Waals surface area contributed by atoms with Gasteiger partial charge in [0.25, 0.3) is 0 Å². The minimum Gasteiger partial charge on any atom is -0.453 e. The summed E-state index contributed by atoms with van der Waals surface area (Å²) in [6, 6.07) is 16.0. The van der Waals surface area contributed by atoms with Gasteiger partial charge in [-0.15, -0.1) is 0 Å². The summed E-state index contributed by atoms with van der Waals surface area (Å²) in [4.78, 5) is 59.3. The summed E-state index contributed by atoms with van der Waals surface area (Å²) in [6.45, 7) is 1.40. The second kappa shape index (κ2) is 16.3. The number of ether oxygens (including phenoxy) is 4. The Bertz CT molecular complexity index is 1210. The Balaban J connectivity index is 1.33. The maximum Gasteiger partial charge on any atom is 0.407 e. The summed E-state index contributed by atoms with van der Waals surface area (Å²) in [5, 5.41) is 12.1. The van der Waals surface area contributed by atoms with Crippen molar-refractivity contribution in [2.45, 2.75) is 18.9 Å². The molecule has 0 fully saturated rings. The fourth-order valence-corrected chi connectivity index (χ4v) is 4.23. The van der Waals surface area contributed by atoms with Crippen LogP contribution in [0.2, 0.25) is 0 Å². The highest BCUT2D eigenvalue weighted by Gasteiger charge is 2.29. The van der Waals surface area contributed by atoms with Crippen molar-refractivity contribution in [3.8, 4) is 11.1 Å². The van der Waals surface area contributed by atoms with Gasteiger partial charge in [-0.25, -0.2) is 19.2 Å². The second-order valence-electron chi connectivity index (χ2n) is 8.96. The minimum atomic E-state index is -0.974. The van der Waals surface area contributed by atoms with Crippen molar-refractivity contribution in [3.05, 3.63) is 59.7 Å². The van der Waals surface area contributed by atoms with Crippen LogP contribution in [0.3, 0.4) is 0 Å². The third kappa shape index (κ3) is 9.57. The SMILES string of the molecule is CCOC(=O)NCC(CNC(=O)OC)OC(=O)NCC(=O)NCCNC(=O)OCC1c2ccccc2-c2ccccc21. The zero-order valence-corrected chi connectivity index (χ0v) is 23.4. The van der Waals surface area contributed by atoms with Gasteiger partial charge >= 0.3 is 24.4 Å². The van der Waals surface area contributed by atoms with Crippen molar-refractivity contribution in [2.75, 3.05) is 53.0 Å². The Morgan fingerprint density at radius 3 is 1.90 bits per heavy atom. The molecule has 0 saturated carbocycles. The molecule has 5 amide bonds. The van der Waals surface area contributed by atoms with E-state index in [2.05, 4.69) is 43.5 Å². The average Bonchev–Trinajstić information content (AvgIpc) is 3.32. The van der Waals surface area contributed by atoms with Crippen molar-refractivity contribution in [1.29, 1.82) is 0 Å². The molecule has 14 nitrogen and oxygen atoms in total. The Morgan fingerprint density at radius 1 is 0.714 bits per heavy atom. The molecule has 0 saturated heterocycles. The molecular formula is C28H35N5O9. The van der Waals surface area contributed by atoms with Crippen LogP contribution < -0.4 is 26.6 Å². The number of amides is 5. The van der Waals surface area contributed by atoms with E-state index in [0.717, 1.165) is 22.3 Å². The standard InChI is InChI=1S/C28H35N5O9/c1-3-40-27(37)32-15-18(14-31-25(35)39-2)42-28(38)33-16-24(34)29-12-13-30-26(36)41-17-23-21-10-6-4-8-19(21)20-9-5-7-11-22(20)23/h4-11,18,23H,3,12-17H2,1-2H3,(H,29,34)(H,30,36)(H,31,35)(H,32,37)(H,33,38). The molecule has 0 aliphatic heterocycles. The van der Waals surface area contributed by atoms with Crippen LogP contribution in [-0.2, 0) is 23.7 Å². The number of methoxy groups -OCH3 is 1. The summed E-state index contributed by atoms with van der Waals surface area (Å²) in [7, 11) is 1.17. The largest absolute Gasteiger partial charge is 0.453 e. The lowest BCUT2D eigenvalue weighted by atomic mass is 9.98. The quantitative estimate of drug-likeness (QED) is 0.173. The summed E-state index contributed by atoms with van der Waals surface area (Å²) in [6.07, 6.45) is -4.03. The number of alkyl carbamates (subject to hydrolysis) is 4. The Hall–Kier alpha value is -5.01. The molecule has 0 heterocycles. The van der Waals surface area contributed by atoms with Crippen LogP contribution in [-0.4, -0.2) is 89.4 Å². The van der Waals surface area contributed by atoms with Gasteiger partial charge < -0.3 is 45.5 Å². The van der Waals surface area contributed by atoms with Crippen LogP contribution in [0.15, 0.2) is 48.5 Å². The Labute approximate surface area is 242 Å². The van der Waals surface area contributed by atoms with Crippen molar-refractivity contribution in [1.82, 2.24) is 26.6 Å². The van der Waals surface area contributed by atoms with Crippen LogP contribution in [0.25, 0.3) is 11.1 Å². The van der Waals surface area contributed by atoms with Crippen molar-refractivity contribution in [3.63, 3.8) is 0 Å². The molecule has 0 aromatic heterocycles. The predicted octanol–water partition coefficient (Wildman–Crippen LogP) is 1.84. The minimum absolute atomic E-state index is 0.0644. The maximum atomic E-state index is 12.2. The zero-order chi connectivity index (χ0) is 30.3. The fraction of sp³-hybridized carbons (Fsp3) is 0.393. The van der Waals surface area contributed by atoms with E-state index in [-0.39, 0.29) is 45.3 Å². The van der Waals surface area contributed by atoms with Gasteiger partial charge in [0.05, 0.1) is 33.4 Å². The summed E-state index contributed by atoms with van der Waals surface area (Å²) >= 11 is 0. The van der Waals surface area contributed by atoms with Crippen LogP contribution in [0, 0.1) is 0 Å². The van der Waals surface area contributed by atoms with E-state index in [0.29, 0.717) is 0 Å². The molecule has 2 aromatic carbocycles. The fourth-order valence-electron chi connectivity index (χ4n) is 4.23. The Morgan fingerprint density at radius 2 is 1.29 bits per heavy atom. The highest BCUT2D eigenvalue weighted by atomic mass is 16.6. The van der Waals surface area contributed by atoms with Crippen molar-refractivity contribution in [2.24, 2.45) is 0 Å². The van der Waals surface area contributed by atoms with E-state index >= 15 is 0 Å². The molecule has 3 rings (SSSR count). The van der Waals surface area contributed by atoms with Crippen LogP contribution in [0.5, 0.6) is 0 Å². The lowest BCUT2D eigenvalue weighted by molar-refractivity contribution is -0.120. The molecule has 5 N–H and O–H groups in total. The number of rotatable bonds is 13. The highest BCUT2D eigenvalue weighted by molar-refractivity contribution is 5.82. The van der Waals surface area contributed by atoms with Gasteiger partial charge in [-0.2, -0.15) is 0 Å². The topological polar surface area (TPSA) is 182 Å². The van der Waals surface area contributed by atoms with Gasteiger partial charge in [0.1, 0.15) is 12.7 Å². The molecule has 226 valence electrons. The second-order valence-corrected chi connectivity index (χ2v) is 8.96. The van der Waals surface area contributed by atoms with E-state index < -0.39 is 42.9 Å². The number of benzene rings is 2. The Kier molecular flexibility index (Phi) is 12.2. The van der Waals surface area contributed by atoms with Crippen LogP contribution in [0.1, 0.15) is 24.0 Å². The van der Waals surface area contributed by atoms with Gasteiger partial charge in [-0.3, -0.25) is 4.79 Å². The van der Waals surface area contributed by atoms with E-state index in [1.54, 1.807) is 6.92 Å². The molecule has 42 heavy (non-hydrogen) atoms. The van der Waals surface area contributed by atoms with E-state index in [9.17, 15) is 24.0 Å². The van der Waals surface area contributed by atoms with Crippen molar-refractivity contribution < 1.29 is 42.9 Å². The number of carbonyl (C=O) groups excluding carboxylic acids is 5.